The molecule has 1 aliphatic rings. The number of benzene rings is 1. The molecule has 1 aromatic heterocycles. The lowest BCUT2D eigenvalue weighted by atomic mass is 9.87. The number of nitrogens with zero attached hydrogens (tertiary/aromatic N) is 1. The van der Waals surface area contributed by atoms with Crippen molar-refractivity contribution in [2.75, 3.05) is 0 Å². The summed E-state index contributed by atoms with van der Waals surface area (Å²) in [6, 6.07) is 8.44. The highest BCUT2D eigenvalue weighted by molar-refractivity contribution is 8.02. The van der Waals surface area contributed by atoms with Crippen molar-refractivity contribution in [2.45, 2.75) is 67.9 Å². The molecule has 1 fully saturated rings. The molecule has 1 atom stereocenters. The van der Waals surface area contributed by atoms with Crippen LogP contribution in [0.25, 0.3) is 10.2 Å². The van der Waals surface area contributed by atoms with Crippen LogP contribution < -0.4 is 0 Å². The van der Waals surface area contributed by atoms with Crippen molar-refractivity contribution in [3.8, 4) is 11.8 Å². The van der Waals surface area contributed by atoms with Gasteiger partial charge in [-0.15, -0.1) is 17.3 Å². The summed E-state index contributed by atoms with van der Waals surface area (Å²) < 4.78 is 2.47. The molecule has 3 heteroatoms. The van der Waals surface area contributed by atoms with Crippen LogP contribution in [0.1, 0.15) is 58.3 Å². The first-order valence-electron chi connectivity index (χ1n) is 8.87. The molecule has 1 nitrogen and oxygen atoms in total. The lowest BCUT2D eigenvalue weighted by Crippen LogP contribution is -2.18. The Morgan fingerprint density at radius 3 is 2.87 bits per heavy atom. The number of thiazole rings is 1. The van der Waals surface area contributed by atoms with Gasteiger partial charge in [-0.3, -0.25) is 0 Å². The zero-order valence-electron chi connectivity index (χ0n) is 13.9. The van der Waals surface area contributed by atoms with Crippen molar-refractivity contribution in [1.29, 1.82) is 0 Å². The zero-order valence-corrected chi connectivity index (χ0v) is 15.5. The number of fused-ring (bicyclic) bond motifs is 1. The van der Waals surface area contributed by atoms with E-state index in [2.05, 4.69) is 43.0 Å². The maximum Gasteiger partial charge on any atom is 0.152 e. The van der Waals surface area contributed by atoms with Gasteiger partial charge < -0.3 is 0 Å². The summed E-state index contributed by atoms with van der Waals surface area (Å²) in [7, 11) is 0. The molecule has 3 rings (SSSR count). The topological polar surface area (TPSA) is 12.9 Å². The van der Waals surface area contributed by atoms with Gasteiger partial charge in [0, 0.05) is 6.42 Å². The van der Waals surface area contributed by atoms with Crippen molar-refractivity contribution < 1.29 is 0 Å². The van der Waals surface area contributed by atoms with Crippen molar-refractivity contribution in [1.82, 2.24) is 4.98 Å². The highest BCUT2D eigenvalue weighted by atomic mass is 32.2. The molecule has 1 unspecified atom stereocenters. The van der Waals surface area contributed by atoms with E-state index in [1.165, 1.54) is 54.0 Å². The van der Waals surface area contributed by atoms with Crippen molar-refractivity contribution in [2.24, 2.45) is 5.92 Å². The van der Waals surface area contributed by atoms with E-state index in [0.29, 0.717) is 5.25 Å². The second kappa shape index (κ2) is 8.76. The highest BCUT2D eigenvalue weighted by Gasteiger charge is 2.24. The average Bonchev–Trinajstić information content (AvgIpc) is 3.01. The molecule has 0 saturated heterocycles. The Balaban J connectivity index is 1.74. The second-order valence-electron chi connectivity index (χ2n) is 6.31. The van der Waals surface area contributed by atoms with Crippen LogP contribution in [0.4, 0.5) is 0 Å². The zero-order chi connectivity index (χ0) is 15.9. The maximum absolute atomic E-state index is 4.81. The molecular formula is C20H25NS2. The molecule has 23 heavy (non-hydrogen) atoms. The van der Waals surface area contributed by atoms with Gasteiger partial charge >= 0.3 is 0 Å². The standard InChI is InChI=1S/C20H25NS2/c1-2-3-4-8-14-18(16-11-6-5-7-12-16)22-20-21-17-13-9-10-15-19(17)23-20/h9-10,13,15-16,18H,2-7,11-12H2,1H3. The summed E-state index contributed by atoms with van der Waals surface area (Å²) in [5.41, 5.74) is 1.13. The van der Waals surface area contributed by atoms with Crippen LogP contribution in [0.15, 0.2) is 28.6 Å². The van der Waals surface area contributed by atoms with E-state index in [1.54, 1.807) is 0 Å². The number of hydrogen-bond donors (Lipinski definition) is 0. The van der Waals surface area contributed by atoms with Crippen LogP contribution in [-0.4, -0.2) is 10.2 Å². The third-order valence-corrected chi connectivity index (χ3v) is 6.90. The van der Waals surface area contributed by atoms with Gasteiger partial charge in [-0.1, -0.05) is 62.4 Å². The SMILES string of the molecule is CCCCC#CC(Sc1nc2ccccc2s1)C1CCCCC1. The lowest BCUT2D eigenvalue weighted by Gasteiger charge is -2.25. The molecule has 0 aliphatic heterocycles. The average molecular weight is 344 g/mol. The van der Waals surface area contributed by atoms with Gasteiger partial charge in [-0.2, -0.15) is 0 Å². The number of para-hydroxylation sites is 1. The molecule has 1 heterocycles. The number of thioether (sulfide) groups is 1. The van der Waals surface area contributed by atoms with Gasteiger partial charge in [0.05, 0.1) is 15.5 Å². The van der Waals surface area contributed by atoms with Crippen LogP contribution in [0.3, 0.4) is 0 Å². The third kappa shape index (κ3) is 4.75. The Bertz CT molecular complexity index is 640. The number of hydrogen-bond acceptors (Lipinski definition) is 3. The summed E-state index contributed by atoms with van der Waals surface area (Å²) >= 11 is 3.73. The Kier molecular flexibility index (Phi) is 6.42. The van der Waals surface area contributed by atoms with Crippen LogP contribution in [0.2, 0.25) is 0 Å². The quantitative estimate of drug-likeness (QED) is 0.348. The largest absolute Gasteiger partial charge is 0.230 e. The monoisotopic (exact) mass is 343 g/mol. The highest BCUT2D eigenvalue weighted by Crippen LogP contribution is 2.38. The van der Waals surface area contributed by atoms with Crippen LogP contribution in [0, 0.1) is 17.8 Å². The summed E-state index contributed by atoms with van der Waals surface area (Å²) in [4.78, 5) is 4.81. The van der Waals surface area contributed by atoms with Crippen LogP contribution in [-0.2, 0) is 0 Å². The van der Waals surface area contributed by atoms with E-state index in [1.807, 2.05) is 23.1 Å². The molecule has 1 saturated carbocycles. The van der Waals surface area contributed by atoms with Crippen LogP contribution >= 0.6 is 23.1 Å². The Labute approximate surface area is 148 Å². The van der Waals surface area contributed by atoms with E-state index in [9.17, 15) is 0 Å². The van der Waals surface area contributed by atoms with Gasteiger partial charge in [0.2, 0.25) is 0 Å². The minimum absolute atomic E-state index is 0.424. The minimum Gasteiger partial charge on any atom is -0.230 e. The molecule has 122 valence electrons. The molecule has 0 amide bonds. The van der Waals surface area contributed by atoms with Gasteiger partial charge in [-0.05, 0) is 37.3 Å². The number of rotatable bonds is 5. The fraction of sp³-hybridized carbons (Fsp3) is 0.550. The van der Waals surface area contributed by atoms with E-state index in [0.717, 1.165) is 17.9 Å². The molecule has 0 bridgehead atoms. The molecule has 0 N–H and O–H groups in total. The Morgan fingerprint density at radius 2 is 2.09 bits per heavy atom. The first-order chi connectivity index (χ1) is 11.4. The van der Waals surface area contributed by atoms with E-state index in [-0.39, 0.29) is 0 Å². The molecule has 1 aromatic carbocycles. The van der Waals surface area contributed by atoms with Crippen molar-refractivity contribution >= 4 is 33.3 Å². The van der Waals surface area contributed by atoms with Crippen molar-refractivity contribution in [3.05, 3.63) is 24.3 Å². The molecule has 2 aromatic rings. The Hall–Kier alpha value is -0.980. The molecule has 0 radical (unpaired) electrons. The van der Waals surface area contributed by atoms with Gasteiger partial charge in [0.15, 0.2) is 4.34 Å². The van der Waals surface area contributed by atoms with Crippen LogP contribution in [0.5, 0.6) is 0 Å². The van der Waals surface area contributed by atoms with Crippen molar-refractivity contribution in [3.63, 3.8) is 0 Å². The number of unbranched alkanes of at least 4 members (excludes halogenated alkanes) is 2. The summed E-state index contributed by atoms with van der Waals surface area (Å²) in [5.74, 6) is 7.79. The fourth-order valence-corrected chi connectivity index (χ4v) is 5.57. The summed E-state index contributed by atoms with van der Waals surface area (Å²) in [5, 5.41) is 0.424. The maximum atomic E-state index is 4.81. The summed E-state index contributed by atoms with van der Waals surface area (Å²) in [6.07, 6.45) is 10.3. The third-order valence-electron chi connectivity index (χ3n) is 4.48. The smallest absolute Gasteiger partial charge is 0.152 e. The molecule has 0 spiro atoms. The fourth-order valence-electron chi connectivity index (χ4n) is 3.13. The van der Waals surface area contributed by atoms with Gasteiger partial charge in [0.1, 0.15) is 0 Å². The predicted octanol–water partition coefficient (Wildman–Crippen LogP) is 6.53. The van der Waals surface area contributed by atoms with Gasteiger partial charge in [-0.25, -0.2) is 4.98 Å². The summed E-state index contributed by atoms with van der Waals surface area (Å²) in [6.45, 7) is 2.23. The van der Waals surface area contributed by atoms with E-state index >= 15 is 0 Å². The van der Waals surface area contributed by atoms with Gasteiger partial charge in [0.25, 0.3) is 0 Å². The first-order valence-corrected chi connectivity index (χ1v) is 10.6. The Morgan fingerprint density at radius 1 is 1.26 bits per heavy atom. The lowest BCUT2D eigenvalue weighted by molar-refractivity contribution is 0.371. The first kappa shape index (κ1) is 16.9. The second-order valence-corrected chi connectivity index (χ2v) is 8.73. The van der Waals surface area contributed by atoms with E-state index in [4.69, 9.17) is 4.98 Å². The normalized spacial score (nSPS) is 16.9. The van der Waals surface area contributed by atoms with E-state index < -0.39 is 0 Å². The number of aromatic nitrogens is 1. The minimum atomic E-state index is 0.424. The predicted molar refractivity (Wildman–Crippen MR) is 103 cm³/mol. The molecule has 1 aliphatic carbocycles. The molecular weight excluding hydrogens is 318 g/mol.